The quantitative estimate of drug-likeness (QED) is 0.456. The van der Waals surface area contributed by atoms with Gasteiger partial charge in [0.05, 0.1) is 19.9 Å². The number of ether oxygens (including phenoxy) is 2. The van der Waals surface area contributed by atoms with E-state index in [1.54, 1.807) is 20.2 Å². The second-order valence-corrected chi connectivity index (χ2v) is 7.41. The Labute approximate surface area is 184 Å². The molecule has 7 nitrogen and oxygen atoms in total. The molecule has 3 rings (SSSR count). The number of methoxy groups -OCH3 is 1. The lowest BCUT2D eigenvalue weighted by molar-refractivity contribution is -0.144. The van der Waals surface area contributed by atoms with Gasteiger partial charge in [-0.05, 0) is 37.6 Å². The van der Waals surface area contributed by atoms with Gasteiger partial charge in [-0.1, -0.05) is 35.5 Å². The predicted molar refractivity (Wildman–Crippen MR) is 121 cm³/mol. The molecule has 0 bridgehead atoms. The molecule has 0 spiro atoms. The molecule has 1 heterocycles. The lowest BCUT2D eigenvalue weighted by Crippen LogP contribution is -2.50. The molecule has 0 saturated carbocycles. The van der Waals surface area contributed by atoms with Crippen molar-refractivity contribution in [2.75, 3.05) is 39.9 Å². The highest BCUT2D eigenvalue weighted by Gasteiger charge is 2.26. The van der Waals surface area contributed by atoms with Gasteiger partial charge >= 0.3 is 0 Å². The van der Waals surface area contributed by atoms with Crippen LogP contribution in [-0.2, 0) is 16.2 Å². The molecule has 1 atom stereocenters. The maximum absolute atomic E-state index is 12.7. The zero-order chi connectivity index (χ0) is 22.1. The van der Waals surface area contributed by atoms with Crippen LogP contribution in [-0.4, -0.2) is 67.9 Å². The lowest BCUT2D eigenvalue weighted by atomic mass is 10.2. The zero-order valence-corrected chi connectivity index (χ0v) is 18.5. The minimum Gasteiger partial charge on any atom is -0.493 e. The van der Waals surface area contributed by atoms with Crippen LogP contribution in [0, 0.1) is 0 Å². The molecule has 31 heavy (non-hydrogen) atoms. The molecule has 1 aliphatic rings. The second kappa shape index (κ2) is 11.4. The van der Waals surface area contributed by atoms with Crippen molar-refractivity contribution in [2.24, 2.45) is 5.16 Å². The number of amides is 1. The molecule has 2 aromatic rings. The largest absolute Gasteiger partial charge is 0.493 e. The molecule has 166 valence electrons. The summed E-state index contributed by atoms with van der Waals surface area (Å²) >= 11 is 0. The van der Waals surface area contributed by atoms with Gasteiger partial charge in [0.15, 0.2) is 11.5 Å². The summed E-state index contributed by atoms with van der Waals surface area (Å²) in [5.41, 5.74) is 2.09. The van der Waals surface area contributed by atoms with Crippen molar-refractivity contribution in [2.45, 2.75) is 26.5 Å². The van der Waals surface area contributed by atoms with Crippen molar-refractivity contribution in [3.8, 4) is 11.5 Å². The fourth-order valence-corrected chi connectivity index (χ4v) is 3.49. The van der Waals surface area contributed by atoms with Crippen LogP contribution >= 0.6 is 0 Å². The average molecular weight is 426 g/mol. The van der Waals surface area contributed by atoms with E-state index in [2.05, 4.69) is 34.3 Å². The Balaban J connectivity index is 1.46. The maximum Gasteiger partial charge on any atom is 0.266 e. The average Bonchev–Trinajstić information content (AvgIpc) is 2.80. The van der Waals surface area contributed by atoms with E-state index in [1.807, 2.05) is 36.1 Å². The van der Waals surface area contributed by atoms with Crippen molar-refractivity contribution in [3.05, 3.63) is 59.7 Å². The Morgan fingerprint density at radius 3 is 2.52 bits per heavy atom. The molecule has 2 aromatic carbocycles. The third-order valence-corrected chi connectivity index (χ3v) is 5.19. The third-order valence-electron chi connectivity index (χ3n) is 5.19. The molecule has 1 aliphatic heterocycles. The van der Waals surface area contributed by atoms with Crippen LogP contribution < -0.4 is 9.47 Å². The number of carbonyl (C=O) groups is 1. The highest BCUT2D eigenvalue weighted by Crippen LogP contribution is 2.27. The summed E-state index contributed by atoms with van der Waals surface area (Å²) in [5, 5.41) is 4.00. The van der Waals surface area contributed by atoms with Crippen LogP contribution in [0.4, 0.5) is 0 Å². The Hall–Kier alpha value is -3.06. The number of carbonyl (C=O) groups excluding carboxylic acids is 1. The van der Waals surface area contributed by atoms with Crippen molar-refractivity contribution in [3.63, 3.8) is 0 Å². The lowest BCUT2D eigenvalue weighted by Gasteiger charge is -2.35. The first-order valence-corrected chi connectivity index (χ1v) is 10.7. The number of oxime groups is 1. The van der Waals surface area contributed by atoms with Gasteiger partial charge in [-0.15, -0.1) is 0 Å². The topological polar surface area (TPSA) is 63.6 Å². The zero-order valence-electron chi connectivity index (χ0n) is 18.5. The normalized spacial score (nSPS) is 15.6. The smallest absolute Gasteiger partial charge is 0.266 e. The molecular weight excluding hydrogens is 394 g/mol. The van der Waals surface area contributed by atoms with E-state index in [0.717, 1.165) is 25.2 Å². The van der Waals surface area contributed by atoms with Crippen molar-refractivity contribution in [1.29, 1.82) is 0 Å². The molecule has 0 N–H and O–H groups in total. The van der Waals surface area contributed by atoms with Gasteiger partial charge in [0.2, 0.25) is 6.10 Å². The monoisotopic (exact) mass is 425 g/mol. The molecule has 1 saturated heterocycles. The van der Waals surface area contributed by atoms with E-state index in [0.29, 0.717) is 31.2 Å². The van der Waals surface area contributed by atoms with Gasteiger partial charge in [0, 0.05) is 38.3 Å². The first kappa shape index (κ1) is 22.6. The van der Waals surface area contributed by atoms with Gasteiger partial charge in [-0.3, -0.25) is 9.69 Å². The maximum atomic E-state index is 12.7. The van der Waals surface area contributed by atoms with E-state index in [9.17, 15) is 4.79 Å². The molecule has 0 radical (unpaired) electrons. The summed E-state index contributed by atoms with van der Waals surface area (Å²) in [7, 11) is 1.59. The van der Waals surface area contributed by atoms with Crippen molar-refractivity contribution in [1.82, 2.24) is 9.80 Å². The van der Waals surface area contributed by atoms with E-state index < -0.39 is 6.10 Å². The van der Waals surface area contributed by atoms with Crippen molar-refractivity contribution < 1.29 is 19.1 Å². The Kier molecular flexibility index (Phi) is 8.29. The Morgan fingerprint density at radius 1 is 1.10 bits per heavy atom. The van der Waals surface area contributed by atoms with Crippen molar-refractivity contribution >= 4 is 12.1 Å². The Morgan fingerprint density at radius 2 is 1.84 bits per heavy atom. The summed E-state index contributed by atoms with van der Waals surface area (Å²) in [6.45, 7) is 8.21. The number of benzene rings is 2. The molecule has 1 fully saturated rings. The molecular formula is C24H31N3O4. The number of nitrogens with zero attached hydrogens (tertiary/aromatic N) is 3. The molecule has 0 aromatic heterocycles. The van der Waals surface area contributed by atoms with Crippen LogP contribution in [0.25, 0.3) is 0 Å². The van der Waals surface area contributed by atoms with E-state index >= 15 is 0 Å². The Bertz CT molecular complexity index is 864. The van der Waals surface area contributed by atoms with Gasteiger partial charge in [0.1, 0.15) is 0 Å². The second-order valence-electron chi connectivity index (χ2n) is 7.41. The van der Waals surface area contributed by atoms with Gasteiger partial charge < -0.3 is 19.2 Å². The molecule has 1 amide bonds. The van der Waals surface area contributed by atoms with E-state index in [1.165, 1.54) is 5.56 Å². The van der Waals surface area contributed by atoms with Crippen LogP contribution in [0.2, 0.25) is 0 Å². The third kappa shape index (κ3) is 6.46. The number of hydrogen-bond acceptors (Lipinski definition) is 6. The van der Waals surface area contributed by atoms with Crippen LogP contribution in [0.5, 0.6) is 11.5 Å². The highest BCUT2D eigenvalue weighted by molar-refractivity contribution is 5.82. The summed E-state index contributed by atoms with van der Waals surface area (Å²) in [4.78, 5) is 22.3. The highest BCUT2D eigenvalue weighted by atomic mass is 16.6. The molecule has 7 heteroatoms. The number of hydrogen-bond donors (Lipinski definition) is 0. The van der Waals surface area contributed by atoms with Gasteiger partial charge in [-0.2, -0.15) is 0 Å². The number of rotatable bonds is 9. The minimum absolute atomic E-state index is 0.0409. The summed E-state index contributed by atoms with van der Waals surface area (Å²) in [5.74, 6) is 1.27. The van der Waals surface area contributed by atoms with E-state index in [4.69, 9.17) is 14.3 Å². The first-order valence-electron chi connectivity index (χ1n) is 10.7. The molecule has 0 unspecified atom stereocenters. The summed E-state index contributed by atoms with van der Waals surface area (Å²) in [6.07, 6.45) is 0.932. The fourth-order valence-electron chi connectivity index (χ4n) is 3.49. The first-order chi connectivity index (χ1) is 15.1. The van der Waals surface area contributed by atoms with Crippen LogP contribution in [0.3, 0.4) is 0 Å². The molecule has 0 aliphatic carbocycles. The standard InChI is InChI=1S/C24H31N3O4/c1-4-30-22-11-10-21(16-23(22)29-3)17-25-31-19(2)24(28)27-14-12-26(13-15-27)18-20-8-6-5-7-9-20/h5-11,16-17,19H,4,12-15,18H2,1-3H3/b25-17-/t19-/m0/s1. The summed E-state index contributed by atoms with van der Waals surface area (Å²) < 4.78 is 10.8. The minimum atomic E-state index is -0.637. The SMILES string of the molecule is CCOc1ccc(/C=N\O[C@@H](C)C(=O)N2CCN(Cc3ccccc3)CC2)cc1OC. The summed E-state index contributed by atoms with van der Waals surface area (Å²) in [6, 6.07) is 15.9. The van der Waals surface area contributed by atoms with Gasteiger partial charge in [-0.25, -0.2) is 0 Å². The fraction of sp³-hybridized carbons (Fsp3) is 0.417. The number of piperazine rings is 1. The van der Waals surface area contributed by atoms with Crippen LogP contribution in [0.15, 0.2) is 53.7 Å². The van der Waals surface area contributed by atoms with E-state index in [-0.39, 0.29) is 5.91 Å². The predicted octanol–water partition coefficient (Wildman–Crippen LogP) is 3.18. The van der Waals surface area contributed by atoms with Crippen LogP contribution in [0.1, 0.15) is 25.0 Å². The van der Waals surface area contributed by atoms with Gasteiger partial charge in [0.25, 0.3) is 5.91 Å².